The van der Waals surface area contributed by atoms with Crippen molar-refractivity contribution < 1.29 is 19.4 Å². The van der Waals surface area contributed by atoms with E-state index in [4.69, 9.17) is 4.74 Å². The van der Waals surface area contributed by atoms with Gasteiger partial charge in [-0.1, -0.05) is 6.08 Å². The van der Waals surface area contributed by atoms with Crippen LogP contribution in [-0.4, -0.2) is 36.2 Å². The Hall–Kier alpha value is -4.14. The number of aromatic nitrogens is 3. The fourth-order valence-corrected chi connectivity index (χ4v) is 4.78. The number of benzene rings is 2. The number of fused-ring (bicyclic) bond motifs is 5. The van der Waals surface area contributed by atoms with Gasteiger partial charge in [0.15, 0.2) is 11.6 Å². The quantitative estimate of drug-likeness (QED) is 0.474. The molecule has 0 bridgehead atoms. The maximum absolute atomic E-state index is 13.7. The van der Waals surface area contributed by atoms with E-state index in [9.17, 15) is 24.3 Å². The van der Waals surface area contributed by atoms with E-state index in [2.05, 4.69) is 0 Å². The SMILES string of the molecule is CC(=O)c1ccc(-n2c(=O)n3n(c2=O)C2C(=CC3)C(C)(C)Oc3cc(O)c(C(C)=O)cc32)cc1. The van der Waals surface area contributed by atoms with Crippen molar-refractivity contribution in [3.63, 3.8) is 0 Å². The van der Waals surface area contributed by atoms with Crippen LogP contribution in [0.4, 0.5) is 0 Å². The first kappa shape index (κ1) is 21.7. The molecule has 9 heteroatoms. The molecule has 1 aromatic heterocycles. The van der Waals surface area contributed by atoms with E-state index < -0.39 is 23.0 Å². The van der Waals surface area contributed by atoms with Crippen molar-refractivity contribution in [1.82, 2.24) is 13.9 Å². The number of ketones is 2. The molecule has 0 saturated heterocycles. The second kappa shape index (κ2) is 7.18. The summed E-state index contributed by atoms with van der Waals surface area (Å²) < 4.78 is 9.92. The number of ether oxygens (including phenoxy) is 1. The Kier molecular flexibility index (Phi) is 4.58. The lowest BCUT2D eigenvalue weighted by Crippen LogP contribution is -2.46. The first-order valence-corrected chi connectivity index (χ1v) is 10.8. The van der Waals surface area contributed by atoms with E-state index in [1.165, 1.54) is 35.3 Å². The Labute approximate surface area is 194 Å². The molecule has 0 aliphatic carbocycles. The van der Waals surface area contributed by atoms with E-state index in [0.29, 0.717) is 22.6 Å². The van der Waals surface area contributed by atoms with Gasteiger partial charge in [-0.05, 0) is 63.6 Å². The number of carbonyl (C=O) groups is 2. The van der Waals surface area contributed by atoms with Crippen LogP contribution in [0.5, 0.6) is 11.5 Å². The summed E-state index contributed by atoms with van der Waals surface area (Å²) in [5, 5.41) is 10.3. The topological polar surface area (TPSA) is 113 Å². The van der Waals surface area contributed by atoms with E-state index in [-0.39, 0.29) is 29.4 Å². The average Bonchev–Trinajstić information content (AvgIpc) is 3.03. The minimum atomic E-state index is -0.826. The van der Waals surface area contributed by atoms with Crippen molar-refractivity contribution in [3.8, 4) is 17.2 Å². The molecule has 0 saturated carbocycles. The Morgan fingerprint density at radius 2 is 1.71 bits per heavy atom. The molecule has 1 N–H and O–H groups in total. The van der Waals surface area contributed by atoms with Gasteiger partial charge in [0.2, 0.25) is 0 Å². The van der Waals surface area contributed by atoms with Crippen LogP contribution in [-0.2, 0) is 6.54 Å². The molecule has 2 aliphatic heterocycles. The highest BCUT2D eigenvalue weighted by molar-refractivity contribution is 5.97. The van der Waals surface area contributed by atoms with Crippen LogP contribution in [0.25, 0.3) is 5.69 Å². The second-order valence-corrected chi connectivity index (χ2v) is 9.07. The lowest BCUT2D eigenvalue weighted by Gasteiger charge is -2.42. The zero-order chi connectivity index (χ0) is 24.5. The van der Waals surface area contributed by atoms with Crippen molar-refractivity contribution in [2.75, 3.05) is 0 Å². The molecule has 1 atom stereocenters. The number of hydrogen-bond acceptors (Lipinski definition) is 6. The van der Waals surface area contributed by atoms with Crippen LogP contribution in [0.3, 0.4) is 0 Å². The molecule has 174 valence electrons. The highest BCUT2D eigenvalue weighted by Crippen LogP contribution is 2.47. The Bertz CT molecular complexity index is 1530. The third kappa shape index (κ3) is 3.00. The monoisotopic (exact) mass is 461 g/mol. The van der Waals surface area contributed by atoms with E-state index >= 15 is 0 Å². The molecule has 0 amide bonds. The van der Waals surface area contributed by atoms with E-state index in [0.717, 1.165) is 10.1 Å². The maximum atomic E-state index is 13.7. The van der Waals surface area contributed by atoms with Gasteiger partial charge in [-0.15, -0.1) is 0 Å². The number of Topliss-reactive ketones (excluding diaryl/α,β-unsaturated/α-hetero) is 2. The zero-order valence-corrected chi connectivity index (χ0v) is 19.2. The van der Waals surface area contributed by atoms with Gasteiger partial charge in [0.05, 0.1) is 17.8 Å². The fraction of sp³-hybridized carbons (Fsp3) is 0.280. The summed E-state index contributed by atoms with van der Waals surface area (Å²) in [5.41, 5.74) is 0.296. The summed E-state index contributed by atoms with van der Waals surface area (Å²) in [6.45, 7) is 6.65. The smallest absolute Gasteiger partial charge is 0.352 e. The van der Waals surface area contributed by atoms with E-state index in [1.54, 1.807) is 24.3 Å². The van der Waals surface area contributed by atoms with Crippen molar-refractivity contribution in [2.24, 2.45) is 0 Å². The fourth-order valence-electron chi connectivity index (χ4n) is 4.78. The normalized spacial score (nSPS) is 17.6. The van der Waals surface area contributed by atoms with Crippen LogP contribution in [0.1, 0.15) is 60.0 Å². The molecular formula is C25H23N3O6. The highest BCUT2D eigenvalue weighted by atomic mass is 16.5. The summed E-state index contributed by atoms with van der Waals surface area (Å²) in [5.74, 6) is -0.329. The van der Waals surface area contributed by atoms with Crippen molar-refractivity contribution in [3.05, 3.63) is 85.7 Å². The van der Waals surface area contributed by atoms with Gasteiger partial charge in [-0.3, -0.25) is 9.59 Å². The number of allylic oxidation sites excluding steroid dienone is 1. The van der Waals surface area contributed by atoms with Gasteiger partial charge in [0.25, 0.3) is 0 Å². The summed E-state index contributed by atoms with van der Waals surface area (Å²) in [4.78, 5) is 50.7. The average molecular weight is 461 g/mol. The molecule has 9 nitrogen and oxygen atoms in total. The standard InChI is InChI=1S/C25H23N3O6/c1-13(29)15-5-7-16(8-6-15)27-23(32)26-10-9-19-22(28(26)24(27)33)18-11-17(14(2)30)20(31)12-21(18)34-25(19,3)4/h5-9,11-12,22,31H,10H2,1-4H3. The predicted molar refractivity (Wildman–Crippen MR) is 123 cm³/mol. The van der Waals surface area contributed by atoms with Gasteiger partial charge in [0, 0.05) is 17.2 Å². The van der Waals surface area contributed by atoms with Crippen molar-refractivity contribution in [2.45, 2.75) is 45.9 Å². The Balaban J connectivity index is 1.77. The van der Waals surface area contributed by atoms with E-state index in [1.807, 2.05) is 19.9 Å². The number of rotatable bonds is 3. The summed E-state index contributed by atoms with van der Waals surface area (Å²) in [7, 11) is 0. The molecule has 2 aromatic carbocycles. The van der Waals surface area contributed by atoms with Crippen LogP contribution < -0.4 is 16.1 Å². The number of aromatic hydroxyl groups is 1. The first-order chi connectivity index (χ1) is 16.0. The summed E-state index contributed by atoms with van der Waals surface area (Å²) in [6.07, 6.45) is 1.86. The molecule has 0 spiro atoms. The maximum Gasteiger partial charge on any atom is 0.352 e. The molecule has 5 rings (SSSR count). The zero-order valence-electron chi connectivity index (χ0n) is 19.2. The third-order valence-corrected chi connectivity index (χ3v) is 6.48. The van der Waals surface area contributed by atoms with Gasteiger partial charge in [-0.2, -0.15) is 0 Å². The van der Waals surface area contributed by atoms with Crippen molar-refractivity contribution in [1.29, 1.82) is 0 Å². The molecule has 0 fully saturated rings. The number of carbonyl (C=O) groups excluding carboxylic acids is 2. The van der Waals surface area contributed by atoms with Crippen LogP contribution in [0, 0.1) is 0 Å². The highest BCUT2D eigenvalue weighted by Gasteiger charge is 2.44. The third-order valence-electron chi connectivity index (χ3n) is 6.48. The Morgan fingerprint density at radius 3 is 2.32 bits per heavy atom. The van der Waals surface area contributed by atoms with Gasteiger partial charge < -0.3 is 9.84 Å². The first-order valence-electron chi connectivity index (χ1n) is 10.8. The molecule has 1 unspecified atom stereocenters. The van der Waals surface area contributed by atoms with Gasteiger partial charge >= 0.3 is 11.4 Å². The molecular weight excluding hydrogens is 438 g/mol. The van der Waals surface area contributed by atoms with Crippen molar-refractivity contribution >= 4 is 11.6 Å². The molecule has 0 radical (unpaired) electrons. The predicted octanol–water partition coefficient (Wildman–Crippen LogP) is 2.61. The molecule has 2 aliphatic rings. The van der Waals surface area contributed by atoms with Gasteiger partial charge in [0.1, 0.15) is 23.1 Å². The lowest BCUT2D eigenvalue weighted by atomic mass is 9.82. The molecule has 3 heterocycles. The largest absolute Gasteiger partial charge is 0.507 e. The van der Waals surface area contributed by atoms with Gasteiger partial charge in [-0.25, -0.2) is 23.5 Å². The molecule has 34 heavy (non-hydrogen) atoms. The lowest BCUT2D eigenvalue weighted by molar-refractivity contribution is 0.100. The number of hydrogen-bond donors (Lipinski definition) is 1. The van der Waals surface area contributed by atoms with Crippen LogP contribution >= 0.6 is 0 Å². The second-order valence-electron chi connectivity index (χ2n) is 9.07. The summed E-state index contributed by atoms with van der Waals surface area (Å²) >= 11 is 0. The van der Waals surface area contributed by atoms with Crippen LogP contribution in [0.2, 0.25) is 0 Å². The minimum Gasteiger partial charge on any atom is -0.507 e. The minimum absolute atomic E-state index is 0.105. The number of phenols is 1. The van der Waals surface area contributed by atoms with Crippen LogP contribution in [0.15, 0.2) is 57.6 Å². The summed E-state index contributed by atoms with van der Waals surface area (Å²) in [6, 6.07) is 8.47. The Morgan fingerprint density at radius 1 is 1.03 bits per heavy atom. The number of nitrogens with zero attached hydrogens (tertiary/aromatic N) is 3. The number of phenolic OH excluding ortho intramolecular Hbond substituents is 1. The molecule has 3 aromatic rings.